The van der Waals surface area contributed by atoms with Gasteiger partial charge in [-0.25, -0.2) is 0 Å². The lowest BCUT2D eigenvalue weighted by Gasteiger charge is -2.18. The maximum absolute atomic E-state index is 12.7. The molecule has 0 spiro atoms. The highest BCUT2D eigenvalue weighted by Gasteiger charge is 2.19. The zero-order valence-electron chi connectivity index (χ0n) is 37.6. The van der Waals surface area contributed by atoms with Crippen LogP contribution in [0.5, 0.6) is 0 Å². The van der Waals surface area contributed by atoms with Gasteiger partial charge >= 0.3 is 17.9 Å². The van der Waals surface area contributed by atoms with Gasteiger partial charge in [-0.1, -0.05) is 227 Å². The molecule has 6 heteroatoms. The first-order valence-electron chi connectivity index (χ1n) is 24.2. The van der Waals surface area contributed by atoms with Crippen LogP contribution in [0.4, 0.5) is 0 Å². The SMILES string of the molecule is CCCCCCCCCCCCCCCCCC(=O)OC[C@H](COC(=O)CCCCCCCCCCCCC(C)C)OC(=O)CCCCCCCCC(C)C. The van der Waals surface area contributed by atoms with Crippen molar-refractivity contribution in [2.24, 2.45) is 11.8 Å². The summed E-state index contributed by atoms with van der Waals surface area (Å²) in [6.07, 6.45) is 41.0. The molecule has 0 saturated carbocycles. The monoisotopic (exact) mass is 779 g/mol. The third-order valence-electron chi connectivity index (χ3n) is 11.0. The minimum absolute atomic E-state index is 0.0653. The van der Waals surface area contributed by atoms with Crippen LogP contribution >= 0.6 is 0 Å². The van der Waals surface area contributed by atoms with E-state index in [4.69, 9.17) is 14.2 Å². The highest BCUT2D eigenvalue weighted by Crippen LogP contribution is 2.17. The van der Waals surface area contributed by atoms with E-state index in [0.29, 0.717) is 19.3 Å². The first-order valence-corrected chi connectivity index (χ1v) is 24.2. The summed E-state index contributed by atoms with van der Waals surface area (Å²) in [4.78, 5) is 37.8. The van der Waals surface area contributed by atoms with Crippen LogP contribution in [0, 0.1) is 11.8 Å². The maximum Gasteiger partial charge on any atom is 0.306 e. The fourth-order valence-electron chi connectivity index (χ4n) is 7.28. The molecule has 0 aliphatic rings. The summed E-state index contributed by atoms with van der Waals surface area (Å²) in [5, 5.41) is 0. The van der Waals surface area contributed by atoms with Crippen molar-refractivity contribution in [2.45, 2.75) is 272 Å². The van der Waals surface area contributed by atoms with E-state index in [0.717, 1.165) is 69.6 Å². The Labute approximate surface area is 342 Å². The van der Waals surface area contributed by atoms with Crippen molar-refractivity contribution in [1.29, 1.82) is 0 Å². The second-order valence-corrected chi connectivity index (χ2v) is 17.7. The zero-order valence-corrected chi connectivity index (χ0v) is 37.6. The number of carbonyl (C=O) groups excluding carboxylic acids is 3. The Morgan fingerprint density at radius 3 is 0.891 bits per heavy atom. The van der Waals surface area contributed by atoms with Crippen LogP contribution in [-0.4, -0.2) is 37.2 Å². The second kappa shape index (κ2) is 42.0. The third kappa shape index (κ3) is 43.4. The average molecular weight is 779 g/mol. The van der Waals surface area contributed by atoms with Crippen LogP contribution in [0.15, 0.2) is 0 Å². The molecular weight excluding hydrogens is 685 g/mol. The quantitative estimate of drug-likeness (QED) is 0.0348. The summed E-state index contributed by atoms with van der Waals surface area (Å²) >= 11 is 0. The fourth-order valence-corrected chi connectivity index (χ4v) is 7.28. The number of carbonyl (C=O) groups is 3. The molecule has 0 rings (SSSR count). The lowest BCUT2D eigenvalue weighted by atomic mass is 10.0. The van der Waals surface area contributed by atoms with Crippen LogP contribution in [0.2, 0.25) is 0 Å². The van der Waals surface area contributed by atoms with Gasteiger partial charge in [0.05, 0.1) is 0 Å². The third-order valence-corrected chi connectivity index (χ3v) is 11.0. The number of rotatable bonds is 43. The number of ether oxygens (including phenoxy) is 3. The van der Waals surface area contributed by atoms with Gasteiger partial charge in [-0.15, -0.1) is 0 Å². The van der Waals surface area contributed by atoms with E-state index in [1.165, 1.54) is 154 Å². The number of hydrogen-bond donors (Lipinski definition) is 0. The standard InChI is InChI=1S/C49H94O6/c1-6-7-8-9-10-11-12-13-14-15-16-20-23-29-34-39-47(50)53-42-46(55-49(52)41-36-31-26-25-28-33-38-45(4)5)43-54-48(51)40-35-30-24-21-18-17-19-22-27-32-37-44(2)3/h44-46H,6-43H2,1-5H3/t46-/m1/s1. The Kier molecular flexibility index (Phi) is 40.8. The minimum atomic E-state index is -0.761. The van der Waals surface area contributed by atoms with Gasteiger partial charge in [0.2, 0.25) is 0 Å². The average Bonchev–Trinajstić information content (AvgIpc) is 3.15. The van der Waals surface area contributed by atoms with E-state index in [1.54, 1.807) is 0 Å². The molecule has 0 amide bonds. The van der Waals surface area contributed by atoms with Gasteiger partial charge in [-0.05, 0) is 31.1 Å². The van der Waals surface area contributed by atoms with Crippen molar-refractivity contribution < 1.29 is 28.6 Å². The molecule has 0 aromatic carbocycles. The summed E-state index contributed by atoms with van der Waals surface area (Å²) in [5.41, 5.74) is 0. The van der Waals surface area contributed by atoms with E-state index in [9.17, 15) is 14.4 Å². The van der Waals surface area contributed by atoms with Crippen LogP contribution in [0.1, 0.15) is 266 Å². The minimum Gasteiger partial charge on any atom is -0.462 e. The van der Waals surface area contributed by atoms with Crippen LogP contribution in [0.25, 0.3) is 0 Å². The predicted octanol–water partition coefficient (Wildman–Crippen LogP) is 15.4. The van der Waals surface area contributed by atoms with Gasteiger partial charge < -0.3 is 14.2 Å². The van der Waals surface area contributed by atoms with Crippen LogP contribution in [0.3, 0.4) is 0 Å². The number of hydrogen-bond acceptors (Lipinski definition) is 6. The molecule has 0 aliphatic heterocycles. The Bertz CT molecular complexity index is 839. The van der Waals surface area contributed by atoms with Crippen molar-refractivity contribution in [1.82, 2.24) is 0 Å². The Hall–Kier alpha value is -1.59. The molecule has 0 aromatic heterocycles. The molecule has 0 unspecified atom stereocenters. The van der Waals surface area contributed by atoms with E-state index in [1.807, 2.05) is 0 Å². The fraction of sp³-hybridized carbons (Fsp3) is 0.939. The molecule has 0 N–H and O–H groups in total. The van der Waals surface area contributed by atoms with E-state index in [2.05, 4.69) is 34.6 Å². The Morgan fingerprint density at radius 1 is 0.345 bits per heavy atom. The van der Waals surface area contributed by atoms with E-state index < -0.39 is 6.10 Å². The molecule has 0 bridgehead atoms. The molecule has 0 aliphatic carbocycles. The Morgan fingerprint density at radius 2 is 0.600 bits per heavy atom. The topological polar surface area (TPSA) is 78.9 Å². The molecule has 0 radical (unpaired) electrons. The van der Waals surface area contributed by atoms with Crippen LogP contribution in [-0.2, 0) is 28.6 Å². The molecule has 0 aromatic rings. The molecule has 326 valence electrons. The first kappa shape index (κ1) is 53.4. The van der Waals surface area contributed by atoms with Crippen molar-refractivity contribution in [3.8, 4) is 0 Å². The van der Waals surface area contributed by atoms with Gasteiger partial charge in [0.1, 0.15) is 13.2 Å². The van der Waals surface area contributed by atoms with E-state index in [-0.39, 0.29) is 31.1 Å². The highest BCUT2D eigenvalue weighted by atomic mass is 16.6. The number of unbranched alkanes of at least 4 members (excludes halogenated alkanes) is 28. The normalized spacial score (nSPS) is 12.1. The highest BCUT2D eigenvalue weighted by molar-refractivity contribution is 5.71. The molecule has 0 saturated heterocycles. The van der Waals surface area contributed by atoms with Gasteiger partial charge in [0, 0.05) is 19.3 Å². The van der Waals surface area contributed by atoms with Crippen molar-refractivity contribution in [2.75, 3.05) is 13.2 Å². The smallest absolute Gasteiger partial charge is 0.306 e. The van der Waals surface area contributed by atoms with Gasteiger partial charge in [0.25, 0.3) is 0 Å². The summed E-state index contributed by atoms with van der Waals surface area (Å²) in [6.45, 7) is 11.3. The largest absolute Gasteiger partial charge is 0.462 e. The van der Waals surface area contributed by atoms with Gasteiger partial charge in [0.15, 0.2) is 6.10 Å². The van der Waals surface area contributed by atoms with Crippen LogP contribution < -0.4 is 0 Å². The zero-order chi connectivity index (χ0) is 40.5. The van der Waals surface area contributed by atoms with Crippen molar-refractivity contribution in [3.63, 3.8) is 0 Å². The maximum atomic E-state index is 12.7. The Balaban J connectivity index is 4.27. The summed E-state index contributed by atoms with van der Waals surface area (Å²) < 4.78 is 16.7. The molecule has 1 atom stereocenters. The van der Waals surface area contributed by atoms with Gasteiger partial charge in [-0.2, -0.15) is 0 Å². The first-order chi connectivity index (χ1) is 26.7. The molecule has 6 nitrogen and oxygen atoms in total. The summed E-state index contributed by atoms with van der Waals surface area (Å²) in [6, 6.07) is 0. The molecule has 0 heterocycles. The lowest BCUT2D eigenvalue weighted by Crippen LogP contribution is -2.30. The molecule has 55 heavy (non-hydrogen) atoms. The molecule has 0 fully saturated rings. The van der Waals surface area contributed by atoms with E-state index >= 15 is 0 Å². The van der Waals surface area contributed by atoms with Gasteiger partial charge in [-0.3, -0.25) is 14.4 Å². The molecular formula is C49H94O6. The predicted molar refractivity (Wildman–Crippen MR) is 233 cm³/mol. The lowest BCUT2D eigenvalue weighted by molar-refractivity contribution is -0.167. The summed E-state index contributed by atoms with van der Waals surface area (Å²) in [7, 11) is 0. The van der Waals surface area contributed by atoms with Crippen molar-refractivity contribution in [3.05, 3.63) is 0 Å². The summed E-state index contributed by atoms with van der Waals surface area (Å²) in [5.74, 6) is 0.719. The second-order valence-electron chi connectivity index (χ2n) is 17.7. The number of esters is 3. The van der Waals surface area contributed by atoms with Crippen molar-refractivity contribution >= 4 is 17.9 Å².